The van der Waals surface area contributed by atoms with E-state index in [1.165, 1.54) is 0 Å². The smallest absolute Gasteiger partial charge is 0.408 e. The number of ether oxygens (including phenoxy) is 1. The first-order chi connectivity index (χ1) is 5.47. The van der Waals surface area contributed by atoms with Crippen LogP contribution in [0.15, 0.2) is 0 Å². The fraction of sp³-hybridized carbons (Fsp3) is 0.875. The third kappa shape index (κ3) is 3.09. The van der Waals surface area contributed by atoms with Crippen molar-refractivity contribution in [1.82, 2.24) is 10.6 Å². The lowest BCUT2D eigenvalue weighted by Crippen LogP contribution is -2.51. The summed E-state index contributed by atoms with van der Waals surface area (Å²) < 4.78 is 5.03. The molecule has 1 atom stereocenters. The van der Waals surface area contributed by atoms with Gasteiger partial charge in [-0.25, -0.2) is 10.1 Å². The molecule has 1 aliphatic heterocycles. The molecule has 69 valence electrons. The molecule has 1 N–H and O–H groups in total. The molecule has 0 aromatic heterocycles. The molecule has 12 heavy (non-hydrogen) atoms. The molecule has 1 fully saturated rings. The Morgan fingerprint density at radius 3 is 2.50 bits per heavy atom. The Morgan fingerprint density at radius 1 is 1.58 bits per heavy atom. The van der Waals surface area contributed by atoms with Gasteiger partial charge in [0.15, 0.2) is 0 Å². The number of carbonyl (C=O) groups excluding carboxylic acids is 1. The molecule has 0 aromatic carbocycles. The number of nitrogens with one attached hydrogen (secondary N) is 1. The summed E-state index contributed by atoms with van der Waals surface area (Å²) in [6.07, 6.45) is 0.537. The summed E-state index contributed by atoms with van der Waals surface area (Å²) in [5.41, 5.74) is -0.423. The van der Waals surface area contributed by atoms with E-state index >= 15 is 0 Å². The second kappa shape index (κ2) is 3.31. The monoisotopic (exact) mass is 171 g/mol. The number of amides is 1. The van der Waals surface area contributed by atoms with Crippen molar-refractivity contribution >= 4 is 6.09 Å². The van der Waals surface area contributed by atoms with Crippen LogP contribution in [-0.4, -0.2) is 24.4 Å². The van der Waals surface area contributed by atoms with Crippen LogP contribution in [0.4, 0.5) is 4.79 Å². The van der Waals surface area contributed by atoms with Gasteiger partial charge in [-0.2, -0.15) is 0 Å². The zero-order chi connectivity index (χ0) is 9.19. The van der Waals surface area contributed by atoms with Gasteiger partial charge in [0, 0.05) is 6.54 Å². The van der Waals surface area contributed by atoms with Crippen molar-refractivity contribution in [1.29, 1.82) is 0 Å². The Labute approximate surface area is 72.7 Å². The normalized spacial score (nSPS) is 22.8. The molecular weight excluding hydrogens is 156 g/mol. The molecule has 0 aromatic rings. The van der Waals surface area contributed by atoms with Gasteiger partial charge < -0.3 is 10.1 Å². The van der Waals surface area contributed by atoms with E-state index in [1.54, 1.807) is 0 Å². The van der Waals surface area contributed by atoms with Gasteiger partial charge in [-0.05, 0) is 27.2 Å². The maximum Gasteiger partial charge on any atom is 0.408 e. The lowest BCUT2D eigenvalue weighted by atomic mass is 10.2. The summed E-state index contributed by atoms with van der Waals surface area (Å²) in [5, 5.41) is 6.67. The molecule has 1 saturated heterocycles. The van der Waals surface area contributed by atoms with E-state index in [9.17, 15) is 4.79 Å². The van der Waals surface area contributed by atoms with E-state index in [0.717, 1.165) is 13.0 Å². The number of hydrogen-bond donors (Lipinski definition) is 1. The molecule has 0 spiro atoms. The molecule has 1 radical (unpaired) electrons. The van der Waals surface area contributed by atoms with Gasteiger partial charge in [0.1, 0.15) is 5.60 Å². The van der Waals surface area contributed by atoms with Crippen LogP contribution < -0.4 is 10.6 Å². The van der Waals surface area contributed by atoms with Crippen LogP contribution in [0.2, 0.25) is 0 Å². The second-order valence-corrected chi connectivity index (χ2v) is 3.86. The highest BCUT2D eigenvalue weighted by Gasteiger charge is 2.23. The zero-order valence-electron chi connectivity index (χ0n) is 7.76. The minimum Gasteiger partial charge on any atom is -0.444 e. The summed E-state index contributed by atoms with van der Waals surface area (Å²) in [6, 6.07) is 0. The second-order valence-electron chi connectivity index (χ2n) is 3.86. The minimum absolute atomic E-state index is 0.0140. The first-order valence-electron chi connectivity index (χ1n) is 4.13. The molecule has 4 nitrogen and oxygen atoms in total. The maximum absolute atomic E-state index is 11.1. The van der Waals surface area contributed by atoms with E-state index in [1.807, 2.05) is 20.8 Å². The highest BCUT2D eigenvalue weighted by Crippen LogP contribution is 2.08. The maximum atomic E-state index is 11.1. The Bertz CT molecular complexity index is 170. The molecule has 0 aliphatic carbocycles. The topological polar surface area (TPSA) is 52.4 Å². The van der Waals surface area contributed by atoms with Crippen molar-refractivity contribution in [2.45, 2.75) is 39.0 Å². The fourth-order valence-corrected chi connectivity index (χ4v) is 0.820. The Hall–Kier alpha value is -0.770. The van der Waals surface area contributed by atoms with Crippen molar-refractivity contribution in [3.05, 3.63) is 0 Å². The largest absolute Gasteiger partial charge is 0.444 e. The van der Waals surface area contributed by atoms with Crippen LogP contribution in [0.1, 0.15) is 27.2 Å². The fourth-order valence-electron chi connectivity index (χ4n) is 0.820. The van der Waals surface area contributed by atoms with Crippen LogP contribution in [0.5, 0.6) is 0 Å². The van der Waals surface area contributed by atoms with Crippen molar-refractivity contribution in [3.8, 4) is 0 Å². The molecular formula is C8H15N2O2. The molecule has 1 aliphatic rings. The van der Waals surface area contributed by atoms with E-state index in [0.29, 0.717) is 0 Å². The number of nitrogens with zero attached hydrogens (tertiary/aromatic N) is 1. The van der Waals surface area contributed by atoms with Crippen LogP contribution in [0, 0.1) is 0 Å². The van der Waals surface area contributed by atoms with Crippen LogP contribution in [0.3, 0.4) is 0 Å². The number of carbonyl (C=O) groups is 1. The molecule has 4 heteroatoms. The molecule has 1 rings (SSSR count). The van der Waals surface area contributed by atoms with Gasteiger partial charge in [0.25, 0.3) is 0 Å². The van der Waals surface area contributed by atoms with Crippen molar-refractivity contribution in [2.75, 3.05) is 6.54 Å². The van der Waals surface area contributed by atoms with Crippen molar-refractivity contribution < 1.29 is 9.53 Å². The molecule has 1 unspecified atom stereocenters. The average Bonchev–Trinajstić information content (AvgIpc) is 1.74. The van der Waals surface area contributed by atoms with E-state index in [-0.39, 0.29) is 12.3 Å². The number of rotatable bonds is 1. The Kier molecular flexibility index (Phi) is 2.57. The summed E-state index contributed by atoms with van der Waals surface area (Å²) >= 11 is 0. The van der Waals surface area contributed by atoms with Crippen LogP contribution in [0.25, 0.3) is 0 Å². The van der Waals surface area contributed by atoms with Gasteiger partial charge in [0.05, 0.1) is 6.17 Å². The van der Waals surface area contributed by atoms with E-state index < -0.39 is 5.60 Å². The molecule has 0 bridgehead atoms. The lowest BCUT2D eigenvalue weighted by Gasteiger charge is -2.28. The quantitative estimate of drug-likeness (QED) is 0.635. The van der Waals surface area contributed by atoms with Crippen molar-refractivity contribution in [3.63, 3.8) is 0 Å². The summed E-state index contributed by atoms with van der Waals surface area (Å²) in [4.78, 5) is 11.1. The first-order valence-corrected chi connectivity index (χ1v) is 4.13. The molecule has 1 heterocycles. The van der Waals surface area contributed by atoms with E-state index in [2.05, 4.69) is 10.6 Å². The zero-order valence-corrected chi connectivity index (χ0v) is 7.76. The average molecular weight is 171 g/mol. The van der Waals surface area contributed by atoms with Gasteiger partial charge in [0.2, 0.25) is 0 Å². The third-order valence-corrected chi connectivity index (χ3v) is 1.44. The van der Waals surface area contributed by atoms with Gasteiger partial charge in [-0.3, -0.25) is 0 Å². The first kappa shape index (κ1) is 9.32. The Morgan fingerprint density at radius 2 is 2.17 bits per heavy atom. The lowest BCUT2D eigenvalue weighted by molar-refractivity contribution is 0.0467. The minimum atomic E-state index is -0.423. The van der Waals surface area contributed by atoms with Gasteiger partial charge in [-0.15, -0.1) is 0 Å². The van der Waals surface area contributed by atoms with Crippen LogP contribution in [-0.2, 0) is 4.74 Å². The highest BCUT2D eigenvalue weighted by atomic mass is 16.6. The summed E-state index contributed by atoms with van der Waals surface area (Å²) in [5.74, 6) is 0. The van der Waals surface area contributed by atoms with E-state index in [4.69, 9.17) is 4.74 Å². The van der Waals surface area contributed by atoms with Crippen molar-refractivity contribution in [2.24, 2.45) is 0 Å². The predicted octanol–water partition coefficient (Wildman–Crippen LogP) is 0.845. The van der Waals surface area contributed by atoms with Gasteiger partial charge >= 0.3 is 6.09 Å². The summed E-state index contributed by atoms with van der Waals surface area (Å²) in [7, 11) is 0. The number of alkyl carbamates (subject to hydrolysis) is 1. The third-order valence-electron chi connectivity index (χ3n) is 1.44. The predicted molar refractivity (Wildman–Crippen MR) is 44.8 cm³/mol. The molecule has 0 saturated carbocycles. The Balaban J connectivity index is 2.19. The highest BCUT2D eigenvalue weighted by molar-refractivity contribution is 5.68. The number of hydrogen-bond acceptors (Lipinski definition) is 2. The SMILES string of the molecule is CC(C)(C)OC(=O)NC1CC[N]1. The summed E-state index contributed by atoms with van der Waals surface area (Å²) in [6.45, 7) is 6.36. The standard InChI is InChI=1S/C8H15N2O2/c1-8(2,3)12-7(11)10-6-4-5-9-6/h6H,4-5H2,1-3H3,(H,10,11). The van der Waals surface area contributed by atoms with Gasteiger partial charge in [-0.1, -0.05) is 0 Å². The molecule has 1 amide bonds. The van der Waals surface area contributed by atoms with Crippen LogP contribution >= 0.6 is 0 Å².